The zero-order valence-corrected chi connectivity index (χ0v) is 15.4. The zero-order chi connectivity index (χ0) is 18.3. The maximum absolute atomic E-state index is 12.8. The van der Waals surface area contributed by atoms with E-state index < -0.39 is 0 Å². The molecular weight excluding hydrogens is 352 g/mol. The van der Waals surface area contributed by atoms with Crippen LogP contribution in [0.25, 0.3) is 5.78 Å². The molecule has 4 rings (SSSR count). The molecule has 134 valence electrons. The van der Waals surface area contributed by atoms with Crippen molar-refractivity contribution in [3.05, 3.63) is 52.6 Å². The Kier molecular flexibility index (Phi) is 4.24. The van der Waals surface area contributed by atoms with Gasteiger partial charge in [0.05, 0.1) is 0 Å². The molecule has 1 aromatic carbocycles. The van der Waals surface area contributed by atoms with Crippen molar-refractivity contribution < 1.29 is 4.79 Å². The average molecular weight is 371 g/mol. The molecule has 26 heavy (non-hydrogen) atoms. The second kappa shape index (κ2) is 6.57. The lowest BCUT2D eigenvalue weighted by Gasteiger charge is -2.35. The first kappa shape index (κ1) is 16.8. The number of hydrogen-bond acceptors (Lipinski definition) is 5. The second-order valence-electron chi connectivity index (χ2n) is 6.45. The van der Waals surface area contributed by atoms with Crippen molar-refractivity contribution >= 4 is 29.0 Å². The Balaban J connectivity index is 1.49. The van der Waals surface area contributed by atoms with Gasteiger partial charge in [-0.1, -0.05) is 17.7 Å². The number of benzene rings is 1. The van der Waals surface area contributed by atoms with Crippen LogP contribution in [0.2, 0.25) is 5.02 Å². The van der Waals surface area contributed by atoms with E-state index in [2.05, 4.69) is 20.0 Å². The van der Waals surface area contributed by atoms with E-state index >= 15 is 0 Å². The summed E-state index contributed by atoms with van der Waals surface area (Å²) in [6.45, 7) is 6.55. The monoisotopic (exact) mass is 370 g/mol. The summed E-state index contributed by atoms with van der Waals surface area (Å²) < 4.78 is 1.61. The van der Waals surface area contributed by atoms with Crippen molar-refractivity contribution in [2.75, 3.05) is 31.1 Å². The van der Waals surface area contributed by atoms with Gasteiger partial charge in [-0.25, -0.2) is 9.50 Å². The minimum Gasteiger partial charge on any atom is -0.368 e. The molecule has 1 saturated heterocycles. The number of fused-ring (bicyclic) bond motifs is 1. The van der Waals surface area contributed by atoms with Crippen LogP contribution in [0.3, 0.4) is 0 Å². The van der Waals surface area contributed by atoms with E-state index in [1.54, 1.807) is 9.42 Å². The number of hydrogen-bond donors (Lipinski definition) is 0. The molecule has 0 N–H and O–H groups in total. The molecule has 2 aromatic heterocycles. The van der Waals surface area contributed by atoms with Gasteiger partial charge >= 0.3 is 0 Å². The summed E-state index contributed by atoms with van der Waals surface area (Å²) in [5, 5.41) is 5.05. The first-order valence-electron chi connectivity index (χ1n) is 8.52. The molecule has 0 aliphatic carbocycles. The number of piperazine rings is 1. The van der Waals surface area contributed by atoms with Gasteiger partial charge in [0.15, 0.2) is 0 Å². The molecule has 0 saturated carbocycles. The highest BCUT2D eigenvalue weighted by Crippen LogP contribution is 2.21. The minimum atomic E-state index is -0.154. The van der Waals surface area contributed by atoms with Crippen molar-refractivity contribution in [2.45, 2.75) is 13.8 Å². The Morgan fingerprint density at radius 3 is 2.58 bits per heavy atom. The van der Waals surface area contributed by atoms with Crippen LogP contribution in [-0.2, 0) is 0 Å². The Hall–Kier alpha value is -2.67. The number of anilines is 1. The lowest BCUT2D eigenvalue weighted by atomic mass is 10.2. The smallest absolute Gasteiger partial charge is 0.293 e. The standard InChI is InChI=1S/C18H19ClN6O/c1-12-10-13(2)25-18(20-12)21-16(22-25)17(26)24-8-6-23(7-9-24)15-5-3-4-14(19)11-15/h3-5,10-11H,6-9H2,1-2H3. The fourth-order valence-electron chi connectivity index (χ4n) is 3.24. The van der Waals surface area contributed by atoms with E-state index in [1.807, 2.05) is 44.2 Å². The third-order valence-electron chi connectivity index (χ3n) is 4.55. The summed E-state index contributed by atoms with van der Waals surface area (Å²) in [5.41, 5.74) is 2.84. The van der Waals surface area contributed by atoms with Crippen LogP contribution in [-0.4, -0.2) is 56.6 Å². The lowest BCUT2D eigenvalue weighted by molar-refractivity contribution is 0.0734. The summed E-state index contributed by atoms with van der Waals surface area (Å²) in [5.74, 6) is 0.504. The van der Waals surface area contributed by atoms with E-state index in [0.717, 1.165) is 30.2 Å². The lowest BCUT2D eigenvalue weighted by Crippen LogP contribution is -2.49. The molecule has 0 atom stereocenters. The zero-order valence-electron chi connectivity index (χ0n) is 14.7. The van der Waals surface area contributed by atoms with Crippen LogP contribution in [0, 0.1) is 13.8 Å². The quantitative estimate of drug-likeness (QED) is 0.692. The van der Waals surface area contributed by atoms with Gasteiger partial charge in [0, 0.05) is 48.3 Å². The average Bonchev–Trinajstić information content (AvgIpc) is 3.05. The first-order chi connectivity index (χ1) is 12.5. The SMILES string of the molecule is Cc1cc(C)n2nc(C(=O)N3CCN(c4cccc(Cl)c4)CC3)nc2n1. The van der Waals surface area contributed by atoms with E-state index in [9.17, 15) is 4.79 Å². The Bertz CT molecular complexity index is 977. The number of amides is 1. The Morgan fingerprint density at radius 2 is 1.85 bits per heavy atom. The van der Waals surface area contributed by atoms with Gasteiger partial charge in [0.25, 0.3) is 11.7 Å². The van der Waals surface area contributed by atoms with Crippen molar-refractivity contribution in [3.8, 4) is 0 Å². The molecule has 1 aliphatic rings. The van der Waals surface area contributed by atoms with Crippen LogP contribution in [0.4, 0.5) is 5.69 Å². The van der Waals surface area contributed by atoms with Crippen molar-refractivity contribution in [3.63, 3.8) is 0 Å². The van der Waals surface area contributed by atoms with Crippen molar-refractivity contribution in [1.82, 2.24) is 24.5 Å². The number of aromatic nitrogens is 4. The molecule has 3 aromatic rings. The number of rotatable bonds is 2. The molecule has 0 bridgehead atoms. The number of aryl methyl sites for hydroxylation is 2. The predicted octanol–water partition coefficient (Wildman–Crippen LogP) is 2.36. The molecule has 7 nitrogen and oxygen atoms in total. The highest BCUT2D eigenvalue weighted by molar-refractivity contribution is 6.30. The Morgan fingerprint density at radius 1 is 1.08 bits per heavy atom. The highest BCUT2D eigenvalue weighted by atomic mass is 35.5. The normalized spacial score (nSPS) is 14.9. The summed E-state index contributed by atoms with van der Waals surface area (Å²) in [4.78, 5) is 25.5. The van der Waals surface area contributed by atoms with Gasteiger partial charge < -0.3 is 9.80 Å². The van der Waals surface area contributed by atoms with Gasteiger partial charge in [0.2, 0.25) is 5.82 Å². The Labute approximate surface area is 156 Å². The summed E-state index contributed by atoms with van der Waals surface area (Å²) in [6.07, 6.45) is 0. The van der Waals surface area contributed by atoms with Crippen molar-refractivity contribution in [1.29, 1.82) is 0 Å². The summed E-state index contributed by atoms with van der Waals surface area (Å²) >= 11 is 6.07. The van der Waals surface area contributed by atoms with E-state index in [0.29, 0.717) is 23.9 Å². The number of nitrogens with zero attached hydrogens (tertiary/aromatic N) is 6. The molecule has 1 fully saturated rings. The van der Waals surface area contributed by atoms with Gasteiger partial charge in [-0.05, 0) is 38.1 Å². The number of carbonyl (C=O) groups is 1. The largest absolute Gasteiger partial charge is 0.368 e. The molecule has 8 heteroatoms. The number of halogens is 1. The van der Waals surface area contributed by atoms with Crippen LogP contribution >= 0.6 is 11.6 Å². The van der Waals surface area contributed by atoms with Crippen LogP contribution < -0.4 is 4.90 Å². The van der Waals surface area contributed by atoms with Gasteiger partial charge in [-0.3, -0.25) is 4.79 Å². The fraction of sp³-hybridized carbons (Fsp3) is 0.333. The van der Waals surface area contributed by atoms with Crippen LogP contribution in [0.1, 0.15) is 22.0 Å². The number of carbonyl (C=O) groups excluding carboxylic acids is 1. The maximum Gasteiger partial charge on any atom is 0.293 e. The van der Waals surface area contributed by atoms with Gasteiger partial charge in [-0.15, -0.1) is 5.10 Å². The molecule has 1 amide bonds. The minimum absolute atomic E-state index is 0.154. The molecule has 1 aliphatic heterocycles. The topological polar surface area (TPSA) is 66.6 Å². The molecule has 0 radical (unpaired) electrons. The third kappa shape index (κ3) is 3.10. The summed E-state index contributed by atoms with van der Waals surface area (Å²) in [7, 11) is 0. The molecule has 0 spiro atoms. The highest BCUT2D eigenvalue weighted by Gasteiger charge is 2.25. The van der Waals surface area contributed by atoms with Crippen LogP contribution in [0.5, 0.6) is 0 Å². The molecule has 0 unspecified atom stereocenters. The maximum atomic E-state index is 12.8. The van der Waals surface area contributed by atoms with Gasteiger partial charge in [-0.2, -0.15) is 4.98 Å². The predicted molar refractivity (Wildman–Crippen MR) is 99.8 cm³/mol. The van der Waals surface area contributed by atoms with Crippen LogP contribution in [0.15, 0.2) is 30.3 Å². The fourth-order valence-corrected chi connectivity index (χ4v) is 3.42. The summed E-state index contributed by atoms with van der Waals surface area (Å²) in [6, 6.07) is 9.69. The molecule has 3 heterocycles. The molecular formula is C18H19ClN6O. The third-order valence-corrected chi connectivity index (χ3v) is 4.78. The van der Waals surface area contributed by atoms with E-state index in [-0.39, 0.29) is 11.7 Å². The van der Waals surface area contributed by atoms with E-state index in [4.69, 9.17) is 11.6 Å². The van der Waals surface area contributed by atoms with Gasteiger partial charge in [0.1, 0.15) is 0 Å². The second-order valence-corrected chi connectivity index (χ2v) is 6.88. The van der Waals surface area contributed by atoms with E-state index in [1.165, 1.54) is 0 Å². The van der Waals surface area contributed by atoms with Crippen molar-refractivity contribution in [2.24, 2.45) is 0 Å². The first-order valence-corrected chi connectivity index (χ1v) is 8.90.